The molecule has 1 aliphatic carbocycles. The third kappa shape index (κ3) is 4.16. The van der Waals surface area contributed by atoms with E-state index in [1.165, 1.54) is 35.0 Å². The summed E-state index contributed by atoms with van der Waals surface area (Å²) in [5.41, 5.74) is 2.35. The maximum absolute atomic E-state index is 13.2. The first-order valence-corrected chi connectivity index (χ1v) is 11.4. The van der Waals surface area contributed by atoms with Crippen molar-refractivity contribution in [3.05, 3.63) is 42.0 Å². The molecule has 29 heavy (non-hydrogen) atoms. The minimum absolute atomic E-state index is 0. The predicted molar refractivity (Wildman–Crippen MR) is 114 cm³/mol. The average Bonchev–Trinajstić information content (AvgIpc) is 2.92. The van der Waals surface area contributed by atoms with E-state index >= 15 is 0 Å². The van der Waals surface area contributed by atoms with Crippen molar-refractivity contribution in [1.82, 2.24) is 0 Å². The molecule has 5 atom stereocenters. The van der Waals surface area contributed by atoms with Crippen LogP contribution in [0.2, 0.25) is 0 Å². The Balaban J connectivity index is 0.00000240. The quantitative estimate of drug-likeness (QED) is 0.346. The Morgan fingerprint density at radius 2 is 1.76 bits per heavy atom. The summed E-state index contributed by atoms with van der Waals surface area (Å²) in [6.07, 6.45) is 10.1. The summed E-state index contributed by atoms with van der Waals surface area (Å²) in [5, 5.41) is 0. The minimum Gasteiger partial charge on any atom is -1.00 e. The van der Waals surface area contributed by atoms with Crippen LogP contribution in [0.3, 0.4) is 0 Å². The zero-order valence-corrected chi connectivity index (χ0v) is 20.3. The minimum atomic E-state index is -0.0914. The topological polar surface area (TPSA) is 26.3 Å². The Labute approximate surface area is 193 Å². The molecule has 0 radical (unpaired) electrons. The fourth-order valence-corrected chi connectivity index (χ4v) is 6.63. The highest BCUT2D eigenvalue weighted by Gasteiger charge is 2.55. The Hall–Kier alpha value is -0.880. The average molecular weight is 509 g/mol. The molecule has 3 nitrogen and oxygen atoms in total. The second kappa shape index (κ2) is 9.51. The number of carbonyl (C=O) groups is 1. The molecule has 1 aromatic carbocycles. The number of allylic oxidation sites excluding steroid dienone is 1. The number of fused-ring (bicyclic) bond motifs is 2. The molecule has 0 saturated carbocycles. The number of rotatable bonds is 5. The standard InChI is InChI=1S/C25H36NO2.HI/c1-4-26(18(2)3)20-14-15-21(26)17-22(16-20)28-25(27)24-13-9-8-12-23(24)19-10-6-5-7-11-19;/h5-7,10-12,18,20-22,24H,4,8-9,13-17H2,1-3H3;1H/q+1;/p-1/t20-,21+,22?,24?,26?;. The molecule has 4 heteroatoms. The lowest BCUT2D eigenvalue weighted by Crippen LogP contribution is -3.00. The number of piperidine rings is 1. The number of benzene rings is 1. The summed E-state index contributed by atoms with van der Waals surface area (Å²) in [5.74, 6) is -0.0773. The summed E-state index contributed by atoms with van der Waals surface area (Å²) >= 11 is 0. The molecule has 160 valence electrons. The molecule has 1 aromatic rings. The van der Waals surface area contributed by atoms with E-state index in [-0.39, 0.29) is 42.0 Å². The van der Waals surface area contributed by atoms with Crippen LogP contribution in [0, 0.1) is 5.92 Å². The first-order chi connectivity index (χ1) is 13.6. The molecule has 2 fully saturated rings. The number of hydrogen-bond donors (Lipinski definition) is 0. The van der Waals surface area contributed by atoms with Gasteiger partial charge in [-0.05, 0) is 51.2 Å². The van der Waals surface area contributed by atoms with Gasteiger partial charge in [-0.2, -0.15) is 0 Å². The van der Waals surface area contributed by atoms with Gasteiger partial charge in [0.15, 0.2) is 0 Å². The molecular weight excluding hydrogens is 473 g/mol. The van der Waals surface area contributed by atoms with Crippen LogP contribution in [0.5, 0.6) is 0 Å². The molecule has 0 spiro atoms. The van der Waals surface area contributed by atoms with Crippen LogP contribution in [-0.2, 0) is 9.53 Å². The highest BCUT2D eigenvalue weighted by Crippen LogP contribution is 2.45. The zero-order chi connectivity index (χ0) is 19.7. The van der Waals surface area contributed by atoms with Crippen molar-refractivity contribution in [3.63, 3.8) is 0 Å². The second-order valence-electron chi connectivity index (χ2n) is 9.33. The summed E-state index contributed by atoms with van der Waals surface area (Å²) in [6.45, 7) is 8.30. The van der Waals surface area contributed by atoms with Gasteiger partial charge < -0.3 is 33.2 Å². The van der Waals surface area contributed by atoms with Crippen LogP contribution >= 0.6 is 0 Å². The number of carbonyl (C=O) groups excluding carboxylic acids is 1. The van der Waals surface area contributed by atoms with E-state index in [2.05, 4.69) is 51.1 Å². The van der Waals surface area contributed by atoms with Crippen LogP contribution in [-0.4, -0.2) is 41.2 Å². The van der Waals surface area contributed by atoms with Crippen LogP contribution < -0.4 is 24.0 Å². The molecule has 3 unspecified atom stereocenters. The number of nitrogens with zero attached hydrogens (tertiary/aromatic N) is 1. The van der Waals surface area contributed by atoms with Gasteiger partial charge in [0.1, 0.15) is 6.10 Å². The van der Waals surface area contributed by atoms with E-state index in [1.54, 1.807) is 0 Å². The second-order valence-corrected chi connectivity index (χ2v) is 9.33. The van der Waals surface area contributed by atoms with Gasteiger partial charge in [0.25, 0.3) is 0 Å². The van der Waals surface area contributed by atoms with Crippen molar-refractivity contribution in [3.8, 4) is 0 Å². The fourth-order valence-electron chi connectivity index (χ4n) is 6.63. The SMILES string of the molecule is CC[N+]1(C(C)C)[C@@H]2CC[C@H]1CC(OC(=O)C1CCCC=C1c1ccccc1)C2.[I-]. The number of halogens is 1. The van der Waals surface area contributed by atoms with Crippen molar-refractivity contribution in [1.29, 1.82) is 0 Å². The Kier molecular flexibility index (Phi) is 7.47. The summed E-state index contributed by atoms with van der Waals surface area (Å²) in [6, 6.07) is 12.4. The third-order valence-electron chi connectivity index (χ3n) is 7.88. The third-order valence-corrected chi connectivity index (χ3v) is 7.88. The largest absolute Gasteiger partial charge is 1.00 e. The van der Waals surface area contributed by atoms with Crippen molar-refractivity contribution in [2.45, 2.75) is 89.9 Å². The predicted octanol–water partition coefficient (Wildman–Crippen LogP) is 2.36. The lowest BCUT2D eigenvalue weighted by Gasteiger charge is -2.52. The fraction of sp³-hybridized carbons (Fsp3) is 0.640. The first kappa shape index (κ1) is 22.8. The van der Waals surface area contributed by atoms with E-state index in [0.717, 1.165) is 32.1 Å². The number of esters is 1. The van der Waals surface area contributed by atoms with Crippen molar-refractivity contribution >= 4 is 11.5 Å². The van der Waals surface area contributed by atoms with Gasteiger partial charge in [-0.1, -0.05) is 36.4 Å². The summed E-state index contributed by atoms with van der Waals surface area (Å²) < 4.78 is 7.43. The number of hydrogen-bond acceptors (Lipinski definition) is 2. The smallest absolute Gasteiger partial charge is 0.313 e. The van der Waals surface area contributed by atoms with Crippen LogP contribution in [0.4, 0.5) is 0 Å². The lowest BCUT2D eigenvalue weighted by atomic mass is 9.83. The molecule has 2 aliphatic heterocycles. The molecule has 2 saturated heterocycles. The molecule has 0 amide bonds. The van der Waals surface area contributed by atoms with Gasteiger partial charge in [-0.3, -0.25) is 4.79 Å². The first-order valence-electron chi connectivity index (χ1n) is 11.4. The Morgan fingerprint density at radius 1 is 1.10 bits per heavy atom. The van der Waals surface area contributed by atoms with E-state index in [1.807, 2.05) is 6.07 Å². The highest BCUT2D eigenvalue weighted by atomic mass is 127. The van der Waals surface area contributed by atoms with Crippen molar-refractivity contribution in [2.24, 2.45) is 5.92 Å². The van der Waals surface area contributed by atoms with Crippen LogP contribution in [0.1, 0.15) is 71.3 Å². The van der Waals surface area contributed by atoms with Gasteiger partial charge in [-0.15, -0.1) is 0 Å². The van der Waals surface area contributed by atoms with Gasteiger partial charge in [0.05, 0.1) is 30.6 Å². The molecule has 0 aromatic heterocycles. The number of ether oxygens (including phenoxy) is 1. The molecule has 2 bridgehead atoms. The normalized spacial score (nSPS) is 33.7. The zero-order valence-electron chi connectivity index (χ0n) is 18.1. The molecule has 2 heterocycles. The molecular formula is C25H36INO2. The number of quaternary nitrogens is 1. The lowest BCUT2D eigenvalue weighted by molar-refractivity contribution is -0.983. The Bertz CT molecular complexity index is 716. The maximum Gasteiger partial charge on any atom is 0.313 e. The summed E-state index contributed by atoms with van der Waals surface area (Å²) in [4.78, 5) is 13.2. The van der Waals surface area contributed by atoms with Crippen molar-refractivity contribution in [2.75, 3.05) is 6.54 Å². The van der Waals surface area contributed by atoms with Crippen molar-refractivity contribution < 1.29 is 38.0 Å². The molecule has 0 N–H and O–H groups in total. The Morgan fingerprint density at radius 3 is 2.34 bits per heavy atom. The van der Waals surface area contributed by atoms with Gasteiger partial charge in [0, 0.05) is 25.7 Å². The van der Waals surface area contributed by atoms with E-state index in [4.69, 9.17) is 4.74 Å². The monoisotopic (exact) mass is 509 g/mol. The van der Waals surface area contributed by atoms with Crippen LogP contribution in [0.25, 0.3) is 5.57 Å². The summed E-state index contributed by atoms with van der Waals surface area (Å²) in [7, 11) is 0. The van der Waals surface area contributed by atoms with E-state index < -0.39 is 0 Å². The van der Waals surface area contributed by atoms with Crippen LogP contribution in [0.15, 0.2) is 36.4 Å². The van der Waals surface area contributed by atoms with Gasteiger partial charge in [0.2, 0.25) is 0 Å². The highest BCUT2D eigenvalue weighted by molar-refractivity contribution is 5.89. The maximum atomic E-state index is 13.2. The molecule has 3 aliphatic rings. The van der Waals surface area contributed by atoms with Gasteiger partial charge >= 0.3 is 5.97 Å². The molecule has 4 rings (SSSR count). The van der Waals surface area contributed by atoms with Gasteiger partial charge in [-0.25, -0.2) is 0 Å². The van der Waals surface area contributed by atoms with E-state index in [0.29, 0.717) is 18.1 Å². The van der Waals surface area contributed by atoms with E-state index in [9.17, 15) is 4.79 Å².